The third-order valence-electron chi connectivity index (χ3n) is 4.03. The second-order valence-electron chi connectivity index (χ2n) is 6.15. The molecule has 10 nitrogen and oxygen atoms in total. The fraction of sp³-hybridized carbons (Fsp3) is 0.368. The van der Waals surface area contributed by atoms with Crippen molar-refractivity contribution in [2.24, 2.45) is 0 Å². The maximum absolute atomic E-state index is 12.1. The highest BCUT2D eigenvalue weighted by Gasteiger charge is 2.36. The Balaban J connectivity index is 2.53. The van der Waals surface area contributed by atoms with Crippen LogP contribution in [0.1, 0.15) is 38.7 Å². The number of benzene rings is 1. The van der Waals surface area contributed by atoms with Gasteiger partial charge in [-0.2, -0.15) is 0 Å². The number of rotatable bonds is 6. The number of nitro groups is 1. The van der Waals surface area contributed by atoms with Crippen LogP contribution in [0, 0.1) is 10.1 Å². The zero-order chi connectivity index (χ0) is 21.6. The lowest BCUT2D eigenvalue weighted by atomic mass is 9.90. The van der Waals surface area contributed by atoms with Crippen LogP contribution in [0.5, 0.6) is 0 Å². The highest BCUT2D eigenvalue weighted by atomic mass is 16.7. The molecule has 10 heteroatoms. The molecule has 0 spiro atoms. The minimum Gasteiger partial charge on any atom is -0.437 e. The van der Waals surface area contributed by atoms with E-state index in [0.29, 0.717) is 23.4 Å². The van der Waals surface area contributed by atoms with Gasteiger partial charge in [0.25, 0.3) is 5.69 Å². The molecule has 1 aliphatic heterocycles. The summed E-state index contributed by atoms with van der Waals surface area (Å²) in [7, 11) is 1.15. The highest BCUT2D eigenvalue weighted by molar-refractivity contribution is 5.65. The van der Waals surface area contributed by atoms with Crippen LogP contribution < -0.4 is 5.32 Å². The molecule has 1 aliphatic rings. The summed E-state index contributed by atoms with van der Waals surface area (Å²) in [6, 6.07) is 5.74. The number of nitro benzene ring substituents is 1. The molecular formula is C19H22N2O8. The van der Waals surface area contributed by atoms with Crippen LogP contribution in [0.2, 0.25) is 0 Å². The molecule has 0 radical (unpaired) electrons. The zero-order valence-electron chi connectivity index (χ0n) is 16.5. The molecule has 1 heterocycles. The lowest BCUT2D eigenvalue weighted by Crippen LogP contribution is -2.29. The van der Waals surface area contributed by atoms with Gasteiger partial charge in [0.2, 0.25) is 0 Å². The third-order valence-corrected chi connectivity index (χ3v) is 4.03. The number of carbonyl (C=O) groups excluding carboxylic acids is 2. The van der Waals surface area contributed by atoms with E-state index < -0.39 is 23.2 Å². The number of carbonyl (C=O) groups is 2. The first kappa shape index (κ1) is 21.7. The van der Waals surface area contributed by atoms with E-state index in [-0.39, 0.29) is 23.8 Å². The van der Waals surface area contributed by atoms with Crippen molar-refractivity contribution >= 4 is 18.0 Å². The summed E-state index contributed by atoms with van der Waals surface area (Å²) in [5, 5.41) is 14.2. The lowest BCUT2D eigenvalue weighted by Gasteiger charge is -2.30. The maximum atomic E-state index is 12.1. The number of hydrogen-bond donors (Lipinski definition) is 1. The van der Waals surface area contributed by atoms with Crippen LogP contribution in [-0.2, 0) is 18.9 Å². The van der Waals surface area contributed by atoms with Crippen LogP contribution in [0.4, 0.5) is 15.3 Å². The van der Waals surface area contributed by atoms with Gasteiger partial charge in [-0.05, 0) is 25.8 Å². The first-order chi connectivity index (χ1) is 13.8. The summed E-state index contributed by atoms with van der Waals surface area (Å²) in [4.78, 5) is 34.5. The fourth-order valence-electron chi connectivity index (χ4n) is 2.78. The predicted octanol–water partition coefficient (Wildman–Crippen LogP) is 4.09. The van der Waals surface area contributed by atoms with E-state index in [2.05, 4.69) is 10.1 Å². The number of ether oxygens (including phenoxy) is 4. The maximum Gasteiger partial charge on any atom is 0.513 e. The number of methoxy groups -OCH3 is 1. The van der Waals surface area contributed by atoms with Gasteiger partial charge in [-0.1, -0.05) is 19.1 Å². The topological polar surface area (TPSA) is 126 Å². The number of allylic oxidation sites excluding steroid dienone is 2. The Hall–Kier alpha value is -3.56. The Morgan fingerprint density at radius 3 is 2.31 bits per heavy atom. The molecule has 0 saturated carbocycles. The van der Waals surface area contributed by atoms with Crippen molar-refractivity contribution < 1.29 is 33.5 Å². The quantitative estimate of drug-likeness (QED) is 0.422. The Morgan fingerprint density at radius 2 is 1.76 bits per heavy atom. The van der Waals surface area contributed by atoms with E-state index in [9.17, 15) is 19.7 Å². The SMILES string of the molecule is CCCOC(=O)OC1=C(C)NC(C)=C(OC(=O)OC)C1c1cccc([N+](=O)[O-])c1. The molecule has 156 valence electrons. The summed E-state index contributed by atoms with van der Waals surface area (Å²) in [5.74, 6) is -0.734. The Labute approximate surface area is 167 Å². The van der Waals surface area contributed by atoms with Crippen molar-refractivity contribution in [2.45, 2.75) is 33.1 Å². The van der Waals surface area contributed by atoms with Crippen LogP contribution in [0.3, 0.4) is 0 Å². The summed E-state index contributed by atoms with van der Waals surface area (Å²) in [5.41, 5.74) is 1.14. The number of dihydropyridines is 1. The molecule has 2 rings (SSSR count). The average molecular weight is 406 g/mol. The molecule has 1 N–H and O–H groups in total. The minimum absolute atomic E-state index is 0.0845. The van der Waals surface area contributed by atoms with Gasteiger partial charge in [0.1, 0.15) is 17.4 Å². The second kappa shape index (κ2) is 9.58. The third kappa shape index (κ3) is 5.24. The van der Waals surface area contributed by atoms with Crippen LogP contribution in [0.25, 0.3) is 0 Å². The molecule has 1 aromatic rings. The Bertz CT molecular complexity index is 875. The first-order valence-electron chi connectivity index (χ1n) is 8.81. The van der Waals surface area contributed by atoms with Gasteiger partial charge < -0.3 is 24.3 Å². The molecule has 1 atom stereocenters. The molecule has 0 aromatic heterocycles. The van der Waals surface area contributed by atoms with Gasteiger partial charge in [-0.3, -0.25) is 10.1 Å². The molecule has 29 heavy (non-hydrogen) atoms. The van der Waals surface area contributed by atoms with E-state index in [1.165, 1.54) is 18.2 Å². The van der Waals surface area contributed by atoms with Gasteiger partial charge in [0.05, 0.1) is 30.0 Å². The normalized spacial score (nSPS) is 16.1. The smallest absolute Gasteiger partial charge is 0.437 e. The second-order valence-corrected chi connectivity index (χ2v) is 6.15. The van der Waals surface area contributed by atoms with Crippen LogP contribution in [0.15, 0.2) is 47.2 Å². The molecular weight excluding hydrogens is 384 g/mol. The van der Waals surface area contributed by atoms with Gasteiger partial charge in [-0.25, -0.2) is 9.59 Å². The van der Waals surface area contributed by atoms with Gasteiger partial charge >= 0.3 is 12.3 Å². The summed E-state index contributed by atoms with van der Waals surface area (Å²) in [6.45, 7) is 5.31. The summed E-state index contributed by atoms with van der Waals surface area (Å²) in [6.07, 6.45) is -1.31. The Morgan fingerprint density at radius 1 is 1.14 bits per heavy atom. The van der Waals surface area contributed by atoms with E-state index in [0.717, 1.165) is 7.11 Å². The van der Waals surface area contributed by atoms with Crippen molar-refractivity contribution in [3.8, 4) is 0 Å². The standard InChI is InChI=1S/C19H22N2O8/c1-5-9-27-19(23)29-17-12(3)20-11(2)16(28-18(22)26-4)15(17)13-7-6-8-14(10-13)21(24)25/h6-8,10,15,20H,5,9H2,1-4H3. The van der Waals surface area contributed by atoms with Crippen molar-refractivity contribution in [1.82, 2.24) is 5.32 Å². The van der Waals surface area contributed by atoms with Crippen molar-refractivity contribution in [1.29, 1.82) is 0 Å². The largest absolute Gasteiger partial charge is 0.513 e. The molecule has 0 saturated heterocycles. The molecule has 1 unspecified atom stereocenters. The Kier molecular flexibility index (Phi) is 7.18. The monoisotopic (exact) mass is 406 g/mol. The van der Waals surface area contributed by atoms with E-state index >= 15 is 0 Å². The van der Waals surface area contributed by atoms with Crippen LogP contribution >= 0.6 is 0 Å². The van der Waals surface area contributed by atoms with E-state index in [1.54, 1.807) is 19.9 Å². The summed E-state index contributed by atoms with van der Waals surface area (Å²) < 4.78 is 20.2. The molecule has 0 amide bonds. The van der Waals surface area contributed by atoms with Crippen molar-refractivity contribution in [3.05, 3.63) is 62.9 Å². The van der Waals surface area contributed by atoms with E-state index in [4.69, 9.17) is 14.2 Å². The van der Waals surface area contributed by atoms with Gasteiger partial charge in [0, 0.05) is 12.1 Å². The van der Waals surface area contributed by atoms with Crippen LogP contribution in [-0.4, -0.2) is 31.0 Å². The minimum atomic E-state index is -0.982. The number of non-ortho nitro benzene ring substituents is 1. The zero-order valence-corrected chi connectivity index (χ0v) is 16.5. The molecule has 1 aromatic carbocycles. The van der Waals surface area contributed by atoms with E-state index in [1.807, 2.05) is 6.92 Å². The van der Waals surface area contributed by atoms with Gasteiger partial charge in [0.15, 0.2) is 0 Å². The number of nitrogens with one attached hydrogen (secondary N) is 1. The molecule has 0 bridgehead atoms. The predicted molar refractivity (Wildman–Crippen MR) is 101 cm³/mol. The molecule has 0 aliphatic carbocycles. The first-order valence-corrected chi connectivity index (χ1v) is 8.81. The molecule has 0 fully saturated rings. The number of nitrogens with zero attached hydrogens (tertiary/aromatic N) is 1. The van der Waals surface area contributed by atoms with Crippen molar-refractivity contribution in [2.75, 3.05) is 13.7 Å². The average Bonchev–Trinajstić information content (AvgIpc) is 2.69. The summed E-state index contributed by atoms with van der Waals surface area (Å²) >= 11 is 0. The fourth-order valence-corrected chi connectivity index (χ4v) is 2.78. The van der Waals surface area contributed by atoms with Crippen molar-refractivity contribution in [3.63, 3.8) is 0 Å². The lowest BCUT2D eigenvalue weighted by molar-refractivity contribution is -0.384. The number of hydrogen-bond acceptors (Lipinski definition) is 9. The highest BCUT2D eigenvalue weighted by Crippen LogP contribution is 2.40. The van der Waals surface area contributed by atoms with Gasteiger partial charge in [-0.15, -0.1) is 0 Å².